The number of nitrogens with two attached hydrogens (primary N) is 1. The maximum Gasteiger partial charge on any atom is 0.252 e. The van der Waals surface area contributed by atoms with Gasteiger partial charge in [-0.05, 0) is 13.0 Å². The van der Waals surface area contributed by atoms with Gasteiger partial charge < -0.3 is 16.0 Å². The van der Waals surface area contributed by atoms with Gasteiger partial charge in [0, 0.05) is 49.1 Å². The van der Waals surface area contributed by atoms with E-state index >= 15 is 0 Å². The van der Waals surface area contributed by atoms with Crippen LogP contribution in [0.1, 0.15) is 17.3 Å². The van der Waals surface area contributed by atoms with Crippen molar-refractivity contribution >= 4 is 34.7 Å². The van der Waals surface area contributed by atoms with Crippen molar-refractivity contribution in [2.45, 2.75) is 19.5 Å². The summed E-state index contributed by atoms with van der Waals surface area (Å²) >= 11 is 5.90. The summed E-state index contributed by atoms with van der Waals surface area (Å²) < 4.78 is 17.5. The molecular formula is C22H23ClFN9O. The fourth-order valence-corrected chi connectivity index (χ4v) is 4.34. The van der Waals surface area contributed by atoms with E-state index in [0.29, 0.717) is 35.3 Å². The number of fused-ring (bicyclic) bond motifs is 1. The van der Waals surface area contributed by atoms with Gasteiger partial charge in [-0.2, -0.15) is 10.2 Å². The average molecular weight is 484 g/mol. The first-order valence-corrected chi connectivity index (χ1v) is 11.2. The predicted octanol–water partition coefficient (Wildman–Crippen LogP) is 2.65. The maximum absolute atomic E-state index is 14.0. The molecule has 12 heteroatoms. The van der Waals surface area contributed by atoms with Crippen molar-refractivity contribution in [1.29, 1.82) is 0 Å². The molecule has 4 aromatic heterocycles. The first-order valence-electron chi connectivity index (χ1n) is 10.9. The standard InChI is InChI=1S/C22H23ClFN9O/c1-2-32-10-15(5-28-32)13-3-19-20(17(21(25)34)8-29-33(19)11-13)30-18-12-31(9-14(18)4-24)22-26-6-16(23)7-27-22/h3,5-8,10-11,14,18,30H,2,4,9,12H2,1H3,(H2,25,34)/t14-,18-/m1/s1. The fraction of sp³-hybridized carbons (Fsp3) is 0.318. The van der Waals surface area contributed by atoms with Crippen molar-refractivity contribution in [2.75, 3.05) is 30.0 Å². The number of rotatable bonds is 7. The van der Waals surface area contributed by atoms with Crippen LogP contribution < -0.4 is 16.0 Å². The van der Waals surface area contributed by atoms with Crippen molar-refractivity contribution in [3.8, 4) is 11.1 Å². The van der Waals surface area contributed by atoms with E-state index in [-0.39, 0.29) is 17.5 Å². The number of hydrogen-bond acceptors (Lipinski definition) is 7. The Hall–Kier alpha value is -3.73. The second-order valence-corrected chi connectivity index (χ2v) is 8.65. The Morgan fingerprint density at radius 1 is 1.18 bits per heavy atom. The maximum atomic E-state index is 14.0. The highest BCUT2D eigenvalue weighted by Gasteiger charge is 2.35. The molecule has 1 fully saturated rings. The van der Waals surface area contributed by atoms with Gasteiger partial charge in [-0.25, -0.2) is 14.5 Å². The van der Waals surface area contributed by atoms with E-state index in [2.05, 4.69) is 25.5 Å². The number of amides is 1. The Labute approximate surface area is 199 Å². The van der Waals surface area contributed by atoms with Crippen LogP contribution >= 0.6 is 11.6 Å². The summed E-state index contributed by atoms with van der Waals surface area (Å²) in [5, 5.41) is 12.5. The number of hydrogen-bond donors (Lipinski definition) is 2. The van der Waals surface area contributed by atoms with Gasteiger partial charge >= 0.3 is 0 Å². The van der Waals surface area contributed by atoms with Gasteiger partial charge in [0.1, 0.15) is 0 Å². The minimum atomic E-state index is -0.619. The third kappa shape index (κ3) is 4.03. The van der Waals surface area contributed by atoms with Crippen molar-refractivity contribution in [3.63, 3.8) is 0 Å². The van der Waals surface area contributed by atoms with E-state index < -0.39 is 12.6 Å². The second-order valence-electron chi connectivity index (χ2n) is 8.21. The van der Waals surface area contributed by atoms with Gasteiger partial charge in [-0.15, -0.1) is 0 Å². The largest absolute Gasteiger partial charge is 0.378 e. The zero-order valence-corrected chi connectivity index (χ0v) is 19.2. The molecular weight excluding hydrogens is 461 g/mol. The number of aromatic nitrogens is 6. The molecule has 5 heterocycles. The van der Waals surface area contributed by atoms with Gasteiger partial charge in [0.2, 0.25) is 5.95 Å². The van der Waals surface area contributed by atoms with E-state index in [9.17, 15) is 9.18 Å². The molecule has 0 saturated carbocycles. The summed E-state index contributed by atoms with van der Waals surface area (Å²) in [6.07, 6.45) is 10.0. The highest BCUT2D eigenvalue weighted by Crippen LogP contribution is 2.31. The number of carbonyl (C=O) groups excluding carboxylic acids is 1. The third-order valence-electron chi connectivity index (χ3n) is 6.05. The van der Waals surface area contributed by atoms with E-state index in [4.69, 9.17) is 17.3 Å². The second kappa shape index (κ2) is 8.90. The molecule has 0 unspecified atom stereocenters. The van der Waals surface area contributed by atoms with Gasteiger partial charge in [-0.3, -0.25) is 13.9 Å². The minimum absolute atomic E-state index is 0.236. The molecule has 1 aliphatic heterocycles. The smallest absolute Gasteiger partial charge is 0.252 e. The Morgan fingerprint density at radius 2 is 1.97 bits per heavy atom. The third-order valence-corrected chi connectivity index (χ3v) is 6.25. The van der Waals surface area contributed by atoms with E-state index in [1.165, 1.54) is 18.6 Å². The lowest BCUT2D eigenvalue weighted by Crippen LogP contribution is -2.31. The number of nitrogens with one attached hydrogen (secondary N) is 1. The van der Waals surface area contributed by atoms with Crippen LogP contribution in [-0.4, -0.2) is 61.1 Å². The minimum Gasteiger partial charge on any atom is -0.378 e. The lowest BCUT2D eigenvalue weighted by molar-refractivity contribution is 0.100. The van der Waals surface area contributed by atoms with Crippen LogP contribution in [0.25, 0.3) is 16.6 Å². The summed E-state index contributed by atoms with van der Waals surface area (Å²) in [5.41, 5.74) is 8.88. The topological polar surface area (TPSA) is 119 Å². The number of carbonyl (C=O) groups is 1. The molecule has 1 amide bonds. The predicted molar refractivity (Wildman–Crippen MR) is 127 cm³/mol. The number of anilines is 2. The van der Waals surface area contributed by atoms with Crippen LogP contribution in [0.5, 0.6) is 0 Å². The molecule has 10 nitrogen and oxygen atoms in total. The number of alkyl halides is 1. The monoisotopic (exact) mass is 483 g/mol. The molecule has 0 bridgehead atoms. The molecule has 34 heavy (non-hydrogen) atoms. The molecule has 0 spiro atoms. The van der Waals surface area contributed by atoms with Crippen molar-refractivity contribution in [2.24, 2.45) is 11.7 Å². The first-order chi connectivity index (χ1) is 16.5. The molecule has 5 rings (SSSR count). The fourth-order valence-electron chi connectivity index (χ4n) is 4.25. The number of nitrogens with zero attached hydrogens (tertiary/aromatic N) is 7. The SMILES string of the molecule is CCn1cc(-c2cc3c(N[C@@H]4CN(c5ncc(Cl)cn5)C[C@H]4CF)c(C(N)=O)cnn3c2)cn1. The zero-order valence-electron chi connectivity index (χ0n) is 18.4. The summed E-state index contributed by atoms with van der Waals surface area (Å²) in [6.45, 7) is 3.09. The Balaban J connectivity index is 1.50. The molecule has 0 radical (unpaired) electrons. The lowest BCUT2D eigenvalue weighted by Gasteiger charge is -2.21. The van der Waals surface area contributed by atoms with E-state index in [1.54, 1.807) is 10.7 Å². The number of halogens is 2. The zero-order chi connectivity index (χ0) is 23.8. The molecule has 3 N–H and O–H groups in total. The molecule has 2 atom stereocenters. The quantitative estimate of drug-likeness (QED) is 0.414. The van der Waals surface area contributed by atoms with Crippen molar-refractivity contribution < 1.29 is 9.18 Å². The van der Waals surface area contributed by atoms with E-state index in [0.717, 1.165) is 17.7 Å². The van der Waals surface area contributed by atoms with Crippen LogP contribution in [-0.2, 0) is 6.54 Å². The Kier molecular flexibility index (Phi) is 5.78. The van der Waals surface area contributed by atoms with Crippen LogP contribution in [0, 0.1) is 5.92 Å². The van der Waals surface area contributed by atoms with Gasteiger partial charge in [-0.1, -0.05) is 11.6 Å². The first kappa shape index (κ1) is 22.1. The van der Waals surface area contributed by atoms with Crippen LogP contribution in [0.15, 0.2) is 43.2 Å². The molecule has 1 saturated heterocycles. The molecule has 176 valence electrons. The molecule has 4 aromatic rings. The van der Waals surface area contributed by atoms with Gasteiger partial charge in [0.25, 0.3) is 5.91 Å². The summed E-state index contributed by atoms with van der Waals surface area (Å²) in [6, 6.07) is 1.60. The van der Waals surface area contributed by atoms with Crippen LogP contribution in [0.2, 0.25) is 5.02 Å². The Morgan fingerprint density at radius 3 is 2.65 bits per heavy atom. The molecule has 0 aromatic carbocycles. The average Bonchev–Trinajstić information content (AvgIpc) is 3.57. The molecule has 0 aliphatic carbocycles. The highest BCUT2D eigenvalue weighted by atomic mass is 35.5. The van der Waals surface area contributed by atoms with Crippen molar-refractivity contribution in [3.05, 3.63) is 53.8 Å². The van der Waals surface area contributed by atoms with Crippen LogP contribution in [0.4, 0.5) is 16.0 Å². The summed E-state index contributed by atoms with van der Waals surface area (Å²) in [5.74, 6) is -0.489. The lowest BCUT2D eigenvalue weighted by atomic mass is 10.0. The summed E-state index contributed by atoms with van der Waals surface area (Å²) in [7, 11) is 0. The van der Waals surface area contributed by atoms with Crippen molar-refractivity contribution in [1.82, 2.24) is 29.4 Å². The van der Waals surface area contributed by atoms with E-state index in [1.807, 2.05) is 35.0 Å². The highest BCUT2D eigenvalue weighted by molar-refractivity contribution is 6.30. The number of aryl methyl sites for hydroxylation is 1. The van der Waals surface area contributed by atoms with Gasteiger partial charge in [0.05, 0.1) is 59.3 Å². The van der Waals surface area contributed by atoms with Crippen LogP contribution in [0.3, 0.4) is 0 Å². The number of primary amides is 1. The summed E-state index contributed by atoms with van der Waals surface area (Å²) in [4.78, 5) is 22.6. The van der Waals surface area contributed by atoms with Gasteiger partial charge in [0.15, 0.2) is 0 Å². The normalized spacial score (nSPS) is 18.0. The molecule has 1 aliphatic rings. The Bertz CT molecular complexity index is 1340.